The fraction of sp³-hybridized carbons (Fsp3) is 1.00. The van der Waals surface area contributed by atoms with E-state index in [4.69, 9.17) is 0 Å². The van der Waals surface area contributed by atoms with Crippen molar-refractivity contribution in [1.29, 1.82) is 0 Å². The zero-order chi connectivity index (χ0) is 16.5. The fourth-order valence-electron chi connectivity index (χ4n) is 4.06. The molecule has 0 nitrogen and oxygen atoms in total. The molecule has 0 heterocycles. The van der Waals surface area contributed by atoms with Crippen LogP contribution in [-0.4, -0.2) is 24.6 Å². The van der Waals surface area contributed by atoms with Gasteiger partial charge in [0.25, 0.3) is 0 Å². The van der Waals surface area contributed by atoms with Crippen molar-refractivity contribution < 1.29 is 0 Å². The first-order valence-electron chi connectivity index (χ1n) is 10.7. The van der Waals surface area contributed by atoms with Crippen LogP contribution in [0.3, 0.4) is 0 Å². The Bertz CT molecular complexity index is 181. The third-order valence-electron chi connectivity index (χ3n) is 5.46. The van der Waals surface area contributed by atoms with Crippen LogP contribution in [0.2, 0.25) is 0 Å². The van der Waals surface area contributed by atoms with Gasteiger partial charge in [0.1, 0.15) is 0 Å². The fourth-order valence-corrected chi connectivity index (χ4v) is 9.62. The Kier molecular flexibility index (Phi) is 16.6. The van der Waals surface area contributed by atoms with Gasteiger partial charge in [-0.1, -0.05) is 0 Å². The maximum atomic E-state index is 2.44. The van der Waals surface area contributed by atoms with Crippen LogP contribution < -0.4 is 0 Å². The molecule has 0 aliphatic rings. The number of unbranched alkanes of at least 4 members (excludes halogenated alkanes) is 9. The number of rotatable bonds is 17. The Labute approximate surface area is 143 Å². The quantitative estimate of drug-likeness (QED) is 0.188. The van der Waals surface area contributed by atoms with Crippen LogP contribution >= 0.6 is 7.26 Å². The van der Waals surface area contributed by atoms with Crippen LogP contribution in [0.4, 0.5) is 0 Å². The summed E-state index contributed by atoms with van der Waals surface area (Å²) in [5, 5.41) is 0. The van der Waals surface area contributed by atoms with Crippen molar-refractivity contribution in [1.82, 2.24) is 0 Å². The zero-order valence-electron chi connectivity index (χ0n) is 16.5. The van der Waals surface area contributed by atoms with E-state index in [1.807, 2.05) is 0 Å². The monoisotopic (exact) mass is 330 g/mol. The Morgan fingerprint density at radius 1 is 0.364 bits per heavy atom. The molecule has 0 aliphatic carbocycles. The van der Waals surface area contributed by atoms with E-state index in [0.29, 0.717) is 0 Å². The molecule has 0 N–H and O–H groups in total. The molecule has 0 aliphatic heterocycles. The maximum absolute atomic E-state index is 2.44. The average Bonchev–Trinajstić information content (AvgIpc) is 2.53. The summed E-state index contributed by atoms with van der Waals surface area (Å²) in [7, 11) is -0.946. The van der Waals surface area contributed by atoms with E-state index in [9.17, 15) is 0 Å². The first-order valence-corrected chi connectivity index (χ1v) is 13.6. The molecule has 0 radical (unpaired) electrons. The number of hydrogen-bond donors (Lipinski definition) is 0. The van der Waals surface area contributed by atoms with E-state index < -0.39 is 7.26 Å². The van der Waals surface area contributed by atoms with Crippen LogP contribution in [0.15, 0.2) is 0 Å². The van der Waals surface area contributed by atoms with Gasteiger partial charge in [0.05, 0.1) is 0 Å². The van der Waals surface area contributed by atoms with Gasteiger partial charge in [-0.2, -0.15) is 0 Å². The molecule has 0 unspecified atom stereocenters. The van der Waals surface area contributed by atoms with E-state index in [1.54, 1.807) is 43.9 Å². The first kappa shape index (κ1) is 22.4. The van der Waals surface area contributed by atoms with Crippen molar-refractivity contribution in [3.63, 3.8) is 0 Å². The summed E-state index contributed by atoms with van der Waals surface area (Å²) < 4.78 is 0. The minimum absolute atomic E-state index is 0.946. The van der Waals surface area contributed by atoms with Gasteiger partial charge in [-0.15, -0.1) is 0 Å². The van der Waals surface area contributed by atoms with E-state index in [1.165, 1.54) is 64.2 Å². The average molecular weight is 331 g/mol. The summed E-state index contributed by atoms with van der Waals surface area (Å²) >= 11 is 0. The molecule has 0 aromatic heterocycles. The Hall–Kier alpha value is 0.430. The van der Waals surface area contributed by atoms with E-state index >= 15 is 0 Å². The minimum atomic E-state index is -0.946. The van der Waals surface area contributed by atoms with Gasteiger partial charge in [0.2, 0.25) is 0 Å². The summed E-state index contributed by atoms with van der Waals surface area (Å²) in [6.07, 6.45) is 25.7. The van der Waals surface area contributed by atoms with Crippen LogP contribution in [-0.2, 0) is 0 Å². The van der Waals surface area contributed by atoms with Crippen molar-refractivity contribution in [2.24, 2.45) is 0 Å². The van der Waals surface area contributed by atoms with Crippen LogP contribution in [0.5, 0.6) is 0 Å². The molecule has 0 bridgehead atoms. The predicted octanol–water partition coefficient (Wildman–Crippen LogP) is 7.89. The molecule has 136 valence electrons. The third kappa shape index (κ3) is 11.9. The molecule has 0 saturated heterocycles. The summed E-state index contributed by atoms with van der Waals surface area (Å²) in [5.41, 5.74) is 0. The van der Waals surface area contributed by atoms with Gasteiger partial charge >= 0.3 is 143 Å². The second-order valence-electron chi connectivity index (χ2n) is 7.68. The summed E-state index contributed by atoms with van der Waals surface area (Å²) in [6, 6.07) is 0. The SMILES string of the molecule is CCCCCC[PH](CCC)(CCCCCC)CCCCCC. The molecule has 1 heteroatoms. The Morgan fingerprint density at radius 2 is 0.727 bits per heavy atom. The van der Waals surface area contributed by atoms with Crippen molar-refractivity contribution in [2.45, 2.75) is 111 Å². The van der Waals surface area contributed by atoms with Crippen LogP contribution in [0.25, 0.3) is 0 Å². The van der Waals surface area contributed by atoms with E-state index in [2.05, 4.69) is 27.7 Å². The summed E-state index contributed by atoms with van der Waals surface area (Å²) in [4.78, 5) is 0. The first-order chi connectivity index (χ1) is 10.7. The summed E-state index contributed by atoms with van der Waals surface area (Å²) in [5.74, 6) is 0. The van der Waals surface area contributed by atoms with E-state index in [0.717, 1.165) is 0 Å². The number of hydrogen-bond acceptors (Lipinski definition) is 0. The van der Waals surface area contributed by atoms with E-state index in [-0.39, 0.29) is 0 Å². The van der Waals surface area contributed by atoms with Crippen molar-refractivity contribution in [3.05, 3.63) is 0 Å². The van der Waals surface area contributed by atoms with Crippen molar-refractivity contribution >= 4 is 7.26 Å². The molecule has 0 saturated carbocycles. The molecule has 0 spiro atoms. The Balaban J connectivity index is 4.39. The third-order valence-corrected chi connectivity index (χ3v) is 11.3. The predicted molar refractivity (Wildman–Crippen MR) is 111 cm³/mol. The van der Waals surface area contributed by atoms with Gasteiger partial charge in [-0.25, -0.2) is 0 Å². The van der Waals surface area contributed by atoms with Gasteiger partial charge in [-0.3, -0.25) is 0 Å². The molecule has 0 fully saturated rings. The normalized spacial score (nSPS) is 12.7. The molecule has 0 rings (SSSR count). The summed E-state index contributed by atoms with van der Waals surface area (Å²) in [6.45, 7) is 9.45. The van der Waals surface area contributed by atoms with Gasteiger partial charge in [-0.05, 0) is 0 Å². The van der Waals surface area contributed by atoms with Gasteiger partial charge < -0.3 is 0 Å². The molecule has 22 heavy (non-hydrogen) atoms. The second-order valence-corrected chi connectivity index (χ2v) is 12.7. The molecule has 0 aromatic carbocycles. The van der Waals surface area contributed by atoms with Crippen molar-refractivity contribution in [2.75, 3.05) is 24.6 Å². The standard InChI is InChI=1S/C21H47P/c1-5-9-12-15-19-22(18-8-4,20-16-13-10-6-2)21-17-14-11-7-3/h22H,5-21H2,1-4H3. The van der Waals surface area contributed by atoms with Gasteiger partial charge in [0, 0.05) is 0 Å². The second kappa shape index (κ2) is 16.3. The zero-order valence-corrected chi connectivity index (χ0v) is 17.5. The van der Waals surface area contributed by atoms with Crippen molar-refractivity contribution in [3.8, 4) is 0 Å². The molecular weight excluding hydrogens is 283 g/mol. The molecule has 0 amide bonds. The molecule has 0 atom stereocenters. The topological polar surface area (TPSA) is 0 Å². The molecule has 0 aromatic rings. The van der Waals surface area contributed by atoms with Crippen LogP contribution in [0.1, 0.15) is 111 Å². The molecular formula is C21H47P. The van der Waals surface area contributed by atoms with Gasteiger partial charge in [0.15, 0.2) is 0 Å². The Morgan fingerprint density at radius 3 is 1.00 bits per heavy atom. The van der Waals surface area contributed by atoms with Crippen LogP contribution in [0, 0.1) is 0 Å².